The van der Waals surface area contributed by atoms with Crippen molar-refractivity contribution in [2.75, 3.05) is 6.54 Å². The van der Waals surface area contributed by atoms with Crippen molar-refractivity contribution in [2.24, 2.45) is 0 Å². The molecule has 4 heteroatoms. The molecular weight excluding hydrogens is 350 g/mol. The fraction of sp³-hybridized carbons (Fsp3) is 0.750. The molecule has 1 aromatic rings. The first-order chi connectivity index (χ1) is 13.8. The van der Waals surface area contributed by atoms with E-state index in [9.17, 15) is 10.2 Å². The predicted molar refractivity (Wildman–Crippen MR) is 118 cm³/mol. The molecule has 1 aromatic carbocycles. The Morgan fingerprint density at radius 2 is 1.14 bits per heavy atom. The molecule has 0 heterocycles. The number of para-hydroxylation sites is 1. The van der Waals surface area contributed by atoms with E-state index in [1.54, 1.807) is 12.1 Å². The molecule has 0 saturated carbocycles. The quantitative estimate of drug-likeness (QED) is 0.132. The van der Waals surface area contributed by atoms with Gasteiger partial charge < -0.3 is 15.1 Å². The van der Waals surface area contributed by atoms with Crippen LogP contribution in [0.3, 0.4) is 0 Å². The molecule has 0 amide bonds. The molecule has 1 rings (SSSR count). The number of hydroxylamine groups is 1. The van der Waals surface area contributed by atoms with Crippen molar-refractivity contribution in [3.05, 3.63) is 18.2 Å². The highest BCUT2D eigenvalue weighted by Crippen LogP contribution is 2.33. The molecule has 0 aliphatic carbocycles. The van der Waals surface area contributed by atoms with Gasteiger partial charge >= 0.3 is 0 Å². The van der Waals surface area contributed by atoms with Crippen LogP contribution in [-0.2, 0) is 0 Å². The first-order valence-corrected chi connectivity index (χ1v) is 11.7. The summed E-state index contributed by atoms with van der Waals surface area (Å²) in [6.07, 6.45) is 21.8. The number of hydrogen-bond acceptors (Lipinski definition) is 4. The third-order valence-electron chi connectivity index (χ3n) is 5.29. The zero-order valence-electron chi connectivity index (χ0n) is 18.1. The Hall–Kier alpha value is -1.42. The van der Waals surface area contributed by atoms with Gasteiger partial charge in [-0.15, -0.1) is 0 Å². The maximum atomic E-state index is 9.63. The molecule has 0 aliphatic heterocycles. The Morgan fingerprint density at radius 1 is 0.679 bits per heavy atom. The van der Waals surface area contributed by atoms with Crippen molar-refractivity contribution in [3.63, 3.8) is 0 Å². The second-order valence-electron chi connectivity index (χ2n) is 7.92. The van der Waals surface area contributed by atoms with Gasteiger partial charge in [0.2, 0.25) is 5.75 Å². The lowest BCUT2D eigenvalue weighted by molar-refractivity contribution is 0.184. The lowest BCUT2D eigenvalue weighted by Crippen LogP contribution is -2.19. The van der Waals surface area contributed by atoms with Gasteiger partial charge in [0.25, 0.3) is 0 Å². The molecule has 0 aliphatic rings. The zero-order valence-corrected chi connectivity index (χ0v) is 18.1. The highest BCUT2D eigenvalue weighted by molar-refractivity contribution is 5.48. The molecule has 0 aromatic heterocycles. The lowest BCUT2D eigenvalue weighted by Gasteiger charge is -2.09. The molecule has 162 valence electrons. The van der Waals surface area contributed by atoms with Crippen LogP contribution in [0.5, 0.6) is 17.2 Å². The average molecular weight is 394 g/mol. The molecule has 0 spiro atoms. The third-order valence-corrected chi connectivity index (χ3v) is 5.29. The number of unbranched alkanes of at least 4 members (excludes halogenated alkanes) is 15. The van der Waals surface area contributed by atoms with Crippen LogP contribution in [0.1, 0.15) is 110 Å². The average Bonchev–Trinajstić information content (AvgIpc) is 2.70. The molecule has 4 nitrogen and oxygen atoms in total. The molecular formula is C24H43NO3. The van der Waals surface area contributed by atoms with Crippen LogP contribution in [0.25, 0.3) is 0 Å². The van der Waals surface area contributed by atoms with Crippen molar-refractivity contribution < 1.29 is 15.1 Å². The van der Waals surface area contributed by atoms with Crippen LogP contribution in [0.4, 0.5) is 0 Å². The number of phenols is 2. The van der Waals surface area contributed by atoms with Gasteiger partial charge in [0, 0.05) is 6.54 Å². The van der Waals surface area contributed by atoms with Crippen LogP contribution in [0.15, 0.2) is 18.2 Å². The van der Waals surface area contributed by atoms with Crippen molar-refractivity contribution >= 4 is 0 Å². The molecule has 0 atom stereocenters. The Balaban J connectivity index is 1.77. The largest absolute Gasteiger partial charge is 0.504 e. The standard InChI is InChI=1S/C24H43NO3/c1-2-3-4-5-6-7-8-9-10-11-12-13-14-15-16-17-21-25-28-23-20-18-19-22(26)24(23)27/h18-20,25-27H,2-17,21H2,1H3. The van der Waals surface area contributed by atoms with E-state index in [0.29, 0.717) is 0 Å². The van der Waals surface area contributed by atoms with Crippen LogP contribution in [-0.4, -0.2) is 16.8 Å². The Labute approximate surface area is 172 Å². The van der Waals surface area contributed by atoms with Crippen LogP contribution in [0, 0.1) is 0 Å². The minimum atomic E-state index is -0.220. The van der Waals surface area contributed by atoms with Gasteiger partial charge in [-0.2, -0.15) is 5.48 Å². The fourth-order valence-electron chi connectivity index (χ4n) is 3.47. The van der Waals surface area contributed by atoms with Gasteiger partial charge in [0.05, 0.1) is 0 Å². The smallest absolute Gasteiger partial charge is 0.203 e. The van der Waals surface area contributed by atoms with Gasteiger partial charge in [0.1, 0.15) is 0 Å². The topological polar surface area (TPSA) is 61.7 Å². The summed E-state index contributed by atoms with van der Waals surface area (Å²) in [5, 5.41) is 19.0. The molecule has 0 saturated heterocycles. The number of aromatic hydroxyl groups is 2. The number of rotatable bonds is 19. The van der Waals surface area contributed by atoms with E-state index < -0.39 is 0 Å². The second-order valence-corrected chi connectivity index (χ2v) is 7.92. The Kier molecular flexibility index (Phi) is 15.5. The van der Waals surface area contributed by atoms with Crippen LogP contribution >= 0.6 is 0 Å². The van der Waals surface area contributed by atoms with E-state index in [0.717, 1.165) is 13.0 Å². The summed E-state index contributed by atoms with van der Waals surface area (Å²) in [7, 11) is 0. The number of hydrogen-bond donors (Lipinski definition) is 3. The van der Waals surface area contributed by atoms with Crippen LogP contribution < -0.4 is 10.3 Å². The van der Waals surface area contributed by atoms with Gasteiger partial charge in [-0.25, -0.2) is 0 Å². The molecule has 28 heavy (non-hydrogen) atoms. The van der Waals surface area contributed by atoms with Gasteiger partial charge in [-0.3, -0.25) is 0 Å². The highest BCUT2D eigenvalue weighted by Gasteiger charge is 2.06. The van der Waals surface area contributed by atoms with E-state index in [2.05, 4.69) is 12.4 Å². The summed E-state index contributed by atoms with van der Waals surface area (Å²) in [5.74, 6) is -0.125. The lowest BCUT2D eigenvalue weighted by atomic mass is 10.0. The van der Waals surface area contributed by atoms with E-state index in [-0.39, 0.29) is 17.2 Å². The normalized spacial score (nSPS) is 11.0. The van der Waals surface area contributed by atoms with Gasteiger partial charge in [-0.05, 0) is 18.6 Å². The second kappa shape index (κ2) is 17.7. The minimum Gasteiger partial charge on any atom is -0.504 e. The van der Waals surface area contributed by atoms with E-state index in [4.69, 9.17) is 4.84 Å². The van der Waals surface area contributed by atoms with Crippen molar-refractivity contribution in [2.45, 2.75) is 110 Å². The number of benzene rings is 1. The van der Waals surface area contributed by atoms with Crippen LogP contribution in [0.2, 0.25) is 0 Å². The summed E-state index contributed by atoms with van der Waals surface area (Å²) >= 11 is 0. The van der Waals surface area contributed by atoms with Crippen molar-refractivity contribution in [1.82, 2.24) is 5.48 Å². The zero-order chi connectivity index (χ0) is 20.3. The molecule has 0 fully saturated rings. The van der Waals surface area contributed by atoms with E-state index in [1.165, 1.54) is 102 Å². The number of phenolic OH excluding ortho intramolecular Hbond substituents is 2. The first kappa shape index (κ1) is 24.6. The highest BCUT2D eigenvalue weighted by atomic mass is 16.6. The Morgan fingerprint density at radius 3 is 1.64 bits per heavy atom. The molecule has 3 N–H and O–H groups in total. The predicted octanol–water partition coefficient (Wildman–Crippen LogP) is 7.24. The SMILES string of the molecule is CCCCCCCCCCCCCCCCCCNOc1cccc(O)c1O. The first-order valence-electron chi connectivity index (χ1n) is 11.7. The molecule has 0 unspecified atom stereocenters. The molecule has 0 bridgehead atoms. The minimum absolute atomic E-state index is 0.165. The summed E-state index contributed by atoms with van der Waals surface area (Å²) in [6, 6.07) is 4.69. The third kappa shape index (κ3) is 12.9. The summed E-state index contributed by atoms with van der Waals surface area (Å²) in [4.78, 5) is 5.28. The van der Waals surface area contributed by atoms with Crippen molar-refractivity contribution in [1.29, 1.82) is 0 Å². The van der Waals surface area contributed by atoms with Gasteiger partial charge in [0.15, 0.2) is 11.5 Å². The number of nitrogens with one attached hydrogen (secondary N) is 1. The fourth-order valence-corrected chi connectivity index (χ4v) is 3.47. The monoisotopic (exact) mass is 393 g/mol. The van der Waals surface area contributed by atoms with Crippen molar-refractivity contribution in [3.8, 4) is 17.2 Å². The molecule has 0 radical (unpaired) electrons. The maximum Gasteiger partial charge on any atom is 0.203 e. The summed E-state index contributed by atoms with van der Waals surface area (Å²) < 4.78 is 0. The Bertz CT molecular complexity index is 479. The van der Waals surface area contributed by atoms with E-state index >= 15 is 0 Å². The van der Waals surface area contributed by atoms with E-state index in [1.807, 2.05) is 0 Å². The maximum absolute atomic E-state index is 9.63. The summed E-state index contributed by atoms with van der Waals surface area (Å²) in [6.45, 7) is 3.02. The summed E-state index contributed by atoms with van der Waals surface area (Å²) in [5.41, 5.74) is 2.85. The van der Waals surface area contributed by atoms with Gasteiger partial charge in [-0.1, -0.05) is 109 Å².